The molecule has 6 N–H and O–H groups in total. The second-order valence-electron chi connectivity index (χ2n) is 5.45. The van der Waals surface area contributed by atoms with Crippen molar-refractivity contribution in [3.63, 3.8) is 0 Å². The van der Waals surface area contributed by atoms with Gasteiger partial charge in [-0.05, 0) is 12.8 Å². The first kappa shape index (κ1) is 31.9. The first-order valence-corrected chi connectivity index (χ1v) is 10.9. The molecule has 0 unspecified atom stereocenters. The van der Waals surface area contributed by atoms with E-state index in [1.807, 2.05) is 0 Å². The van der Waals surface area contributed by atoms with Gasteiger partial charge in [0.25, 0.3) is 0 Å². The molecule has 0 atom stereocenters. The van der Waals surface area contributed by atoms with Gasteiger partial charge in [-0.15, -0.1) is 0 Å². The topological polar surface area (TPSA) is 180 Å². The molecule has 146 valence electrons. The number of nitrogens with zero attached hydrogens (tertiary/aromatic N) is 2. The van der Waals surface area contributed by atoms with Crippen LogP contribution in [0.1, 0.15) is 67.1 Å². The Kier molecular flexibility index (Phi) is 21.0. The summed E-state index contributed by atoms with van der Waals surface area (Å²) in [5.41, 5.74) is -0.984. The summed E-state index contributed by atoms with van der Waals surface area (Å²) in [5.74, 6) is 0. The number of unbranched alkanes of at least 4 members (excludes halogenated alkanes) is 7. The molecule has 0 radical (unpaired) electrons. The first-order chi connectivity index (χ1) is 11.1. The van der Waals surface area contributed by atoms with Crippen LogP contribution in [0.25, 0.3) is 0 Å². The standard InChI is InChI=1S/C12H26N2O8P2.2Na.2H/c15-13-11(23(17,18)19)9-7-5-3-1-2-4-6-8-10-12(14-16)24(20,21)22;;;;/h15-16H,1-10H2,(H2,17,18,19)(H2,20,21,22);;;;/q;2*+1;2*-1/b13-11-,14-12-;;;;. The van der Waals surface area contributed by atoms with Crippen LogP contribution in [0.2, 0.25) is 0 Å². The van der Waals surface area contributed by atoms with Crippen molar-refractivity contribution in [3.8, 4) is 0 Å². The second-order valence-corrected chi connectivity index (χ2v) is 8.66. The molecular formula is C12H28N2Na2O8P2. The van der Waals surface area contributed by atoms with Crippen molar-refractivity contribution in [1.82, 2.24) is 0 Å². The molecule has 0 aliphatic heterocycles. The maximum Gasteiger partial charge on any atom is 1.00 e. The summed E-state index contributed by atoms with van der Waals surface area (Å²) in [5, 5.41) is 22.3. The molecule has 0 aromatic carbocycles. The van der Waals surface area contributed by atoms with Crippen LogP contribution in [0.15, 0.2) is 10.3 Å². The Balaban J connectivity index is -0.000000441. The van der Waals surface area contributed by atoms with Gasteiger partial charge in [0.15, 0.2) is 10.9 Å². The molecule has 0 saturated carbocycles. The van der Waals surface area contributed by atoms with E-state index in [4.69, 9.17) is 30.0 Å². The Hall–Kier alpha value is 1.24. The molecule has 0 spiro atoms. The van der Waals surface area contributed by atoms with Crippen LogP contribution in [0.3, 0.4) is 0 Å². The van der Waals surface area contributed by atoms with Crippen LogP contribution in [0.4, 0.5) is 0 Å². The molecule has 0 bridgehead atoms. The summed E-state index contributed by atoms with van der Waals surface area (Å²) in [6.45, 7) is 0. The number of hydrogen-bond acceptors (Lipinski definition) is 6. The summed E-state index contributed by atoms with van der Waals surface area (Å²) in [6, 6.07) is 0. The van der Waals surface area contributed by atoms with Gasteiger partial charge in [-0.1, -0.05) is 48.8 Å². The molecule has 0 heterocycles. The van der Waals surface area contributed by atoms with Crippen LogP contribution in [-0.2, 0) is 9.13 Å². The average molecular weight is 436 g/mol. The van der Waals surface area contributed by atoms with E-state index in [0.29, 0.717) is 12.8 Å². The van der Waals surface area contributed by atoms with Crippen molar-refractivity contribution in [2.24, 2.45) is 10.3 Å². The van der Waals surface area contributed by atoms with Gasteiger partial charge in [-0.25, -0.2) is 0 Å². The largest absolute Gasteiger partial charge is 1.00 e. The van der Waals surface area contributed by atoms with E-state index in [1.54, 1.807) is 0 Å². The molecule has 0 saturated heterocycles. The smallest absolute Gasteiger partial charge is 1.00 e. The number of rotatable bonds is 13. The van der Waals surface area contributed by atoms with Crippen LogP contribution >= 0.6 is 15.2 Å². The van der Waals surface area contributed by atoms with E-state index in [0.717, 1.165) is 38.5 Å². The van der Waals surface area contributed by atoms with Crippen LogP contribution in [0.5, 0.6) is 0 Å². The van der Waals surface area contributed by atoms with E-state index >= 15 is 0 Å². The Bertz CT molecular complexity index is 486. The van der Waals surface area contributed by atoms with Gasteiger partial charge in [-0.2, -0.15) is 0 Å². The molecular weight excluding hydrogens is 408 g/mol. The maximum atomic E-state index is 10.9. The van der Waals surface area contributed by atoms with Crippen LogP contribution in [0, 0.1) is 0 Å². The van der Waals surface area contributed by atoms with E-state index in [-0.39, 0.29) is 74.8 Å². The van der Waals surface area contributed by atoms with E-state index in [1.165, 1.54) is 0 Å². The number of oxime groups is 2. The van der Waals surface area contributed by atoms with Gasteiger partial charge in [0.1, 0.15) is 0 Å². The normalized spacial score (nSPS) is 13.1. The monoisotopic (exact) mass is 436 g/mol. The quantitative estimate of drug-likeness (QED) is 0.0443. The van der Waals surface area contributed by atoms with Gasteiger partial charge in [0, 0.05) is 12.8 Å². The SMILES string of the molecule is O=P(O)(O)/C(CCCCCCCCCC/C(=N/O)P(=O)(O)O)=N\O.[H-].[H-].[Na+].[Na+]. The van der Waals surface area contributed by atoms with Crippen molar-refractivity contribution in [2.75, 3.05) is 0 Å². The summed E-state index contributed by atoms with van der Waals surface area (Å²) in [6.07, 6.45) is 6.33. The van der Waals surface area contributed by atoms with Crippen LogP contribution < -0.4 is 59.1 Å². The third-order valence-corrected chi connectivity index (χ3v) is 5.43. The second kappa shape index (κ2) is 17.1. The van der Waals surface area contributed by atoms with Gasteiger partial charge >= 0.3 is 74.3 Å². The molecule has 0 aliphatic rings. The minimum absolute atomic E-state index is 0. The molecule has 0 amide bonds. The van der Waals surface area contributed by atoms with Crippen molar-refractivity contribution < 1.29 is 101 Å². The zero-order valence-electron chi connectivity index (χ0n) is 17.4. The third-order valence-electron chi connectivity index (χ3n) is 3.45. The van der Waals surface area contributed by atoms with Gasteiger partial charge < -0.3 is 32.8 Å². The van der Waals surface area contributed by atoms with E-state index in [9.17, 15) is 9.13 Å². The molecule has 14 heteroatoms. The summed E-state index contributed by atoms with van der Waals surface area (Å²) >= 11 is 0. The molecule has 0 fully saturated rings. The Morgan fingerprint density at radius 3 is 1.04 bits per heavy atom. The molecule has 0 rings (SSSR count). The zero-order valence-corrected chi connectivity index (χ0v) is 21.1. The fourth-order valence-corrected chi connectivity index (χ4v) is 3.27. The molecule has 26 heavy (non-hydrogen) atoms. The van der Waals surface area contributed by atoms with Crippen molar-refractivity contribution in [2.45, 2.75) is 64.2 Å². The van der Waals surface area contributed by atoms with Crippen molar-refractivity contribution in [3.05, 3.63) is 0 Å². The van der Waals surface area contributed by atoms with Crippen molar-refractivity contribution >= 4 is 26.1 Å². The minimum atomic E-state index is -4.46. The summed E-state index contributed by atoms with van der Waals surface area (Å²) in [4.78, 5) is 35.4. The average Bonchev–Trinajstić information content (AvgIpc) is 2.46. The Morgan fingerprint density at radius 2 is 0.846 bits per heavy atom. The zero-order chi connectivity index (χ0) is 18.6. The minimum Gasteiger partial charge on any atom is -1.00 e. The Labute approximate surface area is 200 Å². The third kappa shape index (κ3) is 16.2. The Morgan fingerprint density at radius 1 is 0.615 bits per heavy atom. The van der Waals surface area contributed by atoms with Gasteiger partial charge in [0.05, 0.1) is 0 Å². The molecule has 0 aromatic heterocycles. The molecule has 0 aliphatic carbocycles. The molecule has 0 aromatic rings. The molecule has 10 nitrogen and oxygen atoms in total. The van der Waals surface area contributed by atoms with Crippen LogP contribution in [-0.4, -0.2) is 40.9 Å². The predicted octanol–water partition coefficient (Wildman–Crippen LogP) is -2.95. The fourth-order valence-electron chi connectivity index (χ4n) is 2.13. The van der Waals surface area contributed by atoms with Crippen molar-refractivity contribution in [1.29, 1.82) is 0 Å². The first-order valence-electron chi connectivity index (χ1n) is 7.67. The predicted molar refractivity (Wildman–Crippen MR) is 90.9 cm³/mol. The summed E-state index contributed by atoms with van der Waals surface area (Å²) in [7, 11) is -8.91. The van der Waals surface area contributed by atoms with E-state index < -0.39 is 26.1 Å². The fraction of sp³-hybridized carbons (Fsp3) is 0.833. The maximum absolute atomic E-state index is 10.9. The van der Waals surface area contributed by atoms with Gasteiger partial charge in [-0.3, -0.25) is 9.13 Å². The van der Waals surface area contributed by atoms with E-state index in [2.05, 4.69) is 10.3 Å². The van der Waals surface area contributed by atoms with Gasteiger partial charge in [0.2, 0.25) is 0 Å². The summed E-state index contributed by atoms with van der Waals surface area (Å²) < 4.78 is 21.8. The number of hydrogen-bond donors (Lipinski definition) is 6.